The monoisotopic (exact) mass is 658 g/mol. The molecule has 6 rings (SSSR count). The fourth-order valence-electron chi connectivity index (χ4n) is 5.64. The molecule has 2 aromatic heterocycles. The summed E-state index contributed by atoms with van der Waals surface area (Å²) in [6.07, 6.45) is -3.22. The Morgan fingerprint density at radius 3 is 2.38 bits per heavy atom. The maximum absolute atomic E-state index is 13.0. The summed E-state index contributed by atoms with van der Waals surface area (Å²) in [5.74, 6) is -0.290. The molecule has 2 amide bonds. The first-order valence-electron chi connectivity index (χ1n) is 15.4. The molecular formula is C34H33F3N8O3. The molecule has 248 valence electrons. The minimum atomic E-state index is -4.56. The molecule has 4 heterocycles. The third-order valence-electron chi connectivity index (χ3n) is 8.04. The number of halogens is 3. The van der Waals surface area contributed by atoms with Gasteiger partial charge < -0.3 is 25.2 Å². The van der Waals surface area contributed by atoms with Crippen LogP contribution in [0.25, 0.3) is 11.3 Å². The van der Waals surface area contributed by atoms with Gasteiger partial charge in [-0.25, -0.2) is 14.5 Å². The van der Waals surface area contributed by atoms with E-state index in [0.717, 1.165) is 35.3 Å². The van der Waals surface area contributed by atoms with Crippen LogP contribution in [0.3, 0.4) is 0 Å². The number of benzene rings is 2. The van der Waals surface area contributed by atoms with Crippen LogP contribution in [-0.4, -0.2) is 63.4 Å². The summed E-state index contributed by atoms with van der Waals surface area (Å²) in [7, 11) is 0. The number of anilines is 4. The zero-order valence-electron chi connectivity index (χ0n) is 26.6. The highest BCUT2D eigenvalue weighted by atomic mass is 19.4. The molecule has 48 heavy (non-hydrogen) atoms. The highest BCUT2D eigenvalue weighted by Gasteiger charge is 2.31. The Kier molecular flexibility index (Phi) is 8.46. The number of amides is 2. The summed E-state index contributed by atoms with van der Waals surface area (Å²) in [6, 6.07) is 16.3. The molecule has 0 aliphatic carbocycles. The first-order chi connectivity index (χ1) is 22.8. The van der Waals surface area contributed by atoms with E-state index in [1.165, 1.54) is 12.1 Å². The van der Waals surface area contributed by atoms with Crippen molar-refractivity contribution in [1.82, 2.24) is 19.7 Å². The Bertz CT molecular complexity index is 1900. The molecule has 0 radical (unpaired) electrons. The van der Waals surface area contributed by atoms with E-state index in [2.05, 4.69) is 32.7 Å². The molecule has 4 aromatic rings. The van der Waals surface area contributed by atoms with Crippen LogP contribution in [0, 0.1) is 11.3 Å². The van der Waals surface area contributed by atoms with Gasteiger partial charge >= 0.3 is 12.3 Å². The molecule has 0 unspecified atom stereocenters. The predicted molar refractivity (Wildman–Crippen MR) is 173 cm³/mol. The van der Waals surface area contributed by atoms with Gasteiger partial charge in [0, 0.05) is 61.4 Å². The van der Waals surface area contributed by atoms with Crippen molar-refractivity contribution in [2.75, 3.05) is 41.7 Å². The quantitative estimate of drug-likeness (QED) is 0.256. The third kappa shape index (κ3) is 6.90. The van der Waals surface area contributed by atoms with Gasteiger partial charge in [0.1, 0.15) is 34.6 Å². The molecule has 0 saturated carbocycles. The number of carbonyl (C=O) groups excluding carboxylic acids is 2. The van der Waals surface area contributed by atoms with E-state index in [0.29, 0.717) is 61.8 Å². The summed E-state index contributed by atoms with van der Waals surface area (Å²) in [4.78, 5) is 33.0. The zero-order chi connectivity index (χ0) is 34.2. The van der Waals surface area contributed by atoms with Crippen LogP contribution in [0.4, 0.5) is 41.0 Å². The van der Waals surface area contributed by atoms with Crippen LogP contribution in [0.1, 0.15) is 47.8 Å². The minimum absolute atomic E-state index is 0.200. The topological polar surface area (TPSA) is 128 Å². The van der Waals surface area contributed by atoms with Crippen molar-refractivity contribution >= 4 is 35.0 Å². The van der Waals surface area contributed by atoms with Crippen molar-refractivity contribution in [2.24, 2.45) is 0 Å². The Labute approximate surface area is 274 Å². The normalized spacial score (nSPS) is 14.6. The number of hydrogen-bond acceptors (Lipinski definition) is 8. The number of fused-ring (bicyclic) bond motifs is 2. The van der Waals surface area contributed by atoms with Crippen LogP contribution in [0.2, 0.25) is 0 Å². The molecule has 2 N–H and O–H groups in total. The molecule has 1 fully saturated rings. The van der Waals surface area contributed by atoms with Gasteiger partial charge in [0.15, 0.2) is 0 Å². The SMILES string of the molecule is CC(C)(C)OC(=O)N1CCN(c2ccc3c(c2)CCn2nc(-c4ccc(C(=O)Nc5cc(C(F)(F)F)ccn5)cc4)c(C#N)c2N3)CC1. The Hall–Kier alpha value is -5.58. The van der Waals surface area contributed by atoms with Crippen LogP contribution >= 0.6 is 0 Å². The number of hydrogen-bond donors (Lipinski definition) is 2. The highest BCUT2D eigenvalue weighted by Crippen LogP contribution is 2.36. The van der Waals surface area contributed by atoms with Crippen LogP contribution in [-0.2, 0) is 23.9 Å². The van der Waals surface area contributed by atoms with E-state index in [1.54, 1.807) is 21.7 Å². The molecular weight excluding hydrogens is 625 g/mol. The van der Waals surface area contributed by atoms with Crippen LogP contribution < -0.4 is 15.5 Å². The van der Waals surface area contributed by atoms with E-state index < -0.39 is 23.2 Å². The van der Waals surface area contributed by atoms with Gasteiger partial charge in [-0.15, -0.1) is 0 Å². The first-order valence-corrected chi connectivity index (χ1v) is 15.4. The molecule has 0 spiro atoms. The number of rotatable bonds is 4. The van der Waals surface area contributed by atoms with E-state index in [9.17, 15) is 28.0 Å². The Morgan fingerprint density at radius 2 is 1.71 bits per heavy atom. The summed E-state index contributed by atoms with van der Waals surface area (Å²) >= 11 is 0. The van der Waals surface area contributed by atoms with Gasteiger partial charge in [0.2, 0.25) is 0 Å². The number of nitrogens with zero attached hydrogens (tertiary/aromatic N) is 6. The third-order valence-corrected chi connectivity index (χ3v) is 8.04. The van der Waals surface area contributed by atoms with Crippen molar-refractivity contribution in [3.8, 4) is 17.3 Å². The second-order valence-corrected chi connectivity index (χ2v) is 12.5. The zero-order valence-corrected chi connectivity index (χ0v) is 26.6. The first kappa shape index (κ1) is 32.4. The second-order valence-electron chi connectivity index (χ2n) is 12.5. The average Bonchev–Trinajstić information content (AvgIpc) is 3.29. The number of aromatic nitrogens is 3. The molecule has 2 aliphatic heterocycles. The van der Waals surface area contributed by atoms with Gasteiger partial charge in [-0.05, 0) is 75.2 Å². The van der Waals surface area contributed by atoms with Gasteiger partial charge in [0.25, 0.3) is 5.91 Å². The van der Waals surface area contributed by atoms with Gasteiger partial charge in [-0.3, -0.25) is 4.79 Å². The van der Waals surface area contributed by atoms with Crippen molar-refractivity contribution in [2.45, 2.75) is 45.5 Å². The van der Waals surface area contributed by atoms with Gasteiger partial charge in [-0.2, -0.15) is 23.5 Å². The lowest BCUT2D eigenvalue weighted by Crippen LogP contribution is -2.50. The number of nitriles is 1. The maximum atomic E-state index is 13.0. The Balaban J connectivity index is 1.14. The van der Waals surface area contributed by atoms with Crippen molar-refractivity contribution in [3.05, 3.63) is 83.0 Å². The molecule has 0 atom stereocenters. The predicted octanol–water partition coefficient (Wildman–Crippen LogP) is 6.44. The van der Waals surface area contributed by atoms with E-state index in [4.69, 9.17) is 9.84 Å². The van der Waals surface area contributed by atoms with E-state index >= 15 is 0 Å². The number of ether oxygens (including phenoxy) is 1. The van der Waals surface area contributed by atoms with Crippen LogP contribution in [0.5, 0.6) is 0 Å². The molecule has 0 bridgehead atoms. The number of carbonyl (C=O) groups is 2. The maximum Gasteiger partial charge on any atom is 0.416 e. The summed E-state index contributed by atoms with van der Waals surface area (Å²) in [5.41, 5.74) is 3.11. The number of pyridine rings is 1. The number of piperazine rings is 1. The highest BCUT2D eigenvalue weighted by molar-refractivity contribution is 6.04. The van der Waals surface area contributed by atoms with E-state index in [1.807, 2.05) is 32.9 Å². The standard InChI is InChI=1S/C34H33F3N8O3/c1-33(2,3)48-32(47)44-16-14-43(15-17-44)25-8-9-27-23(18-25)11-13-45-30(40-27)26(20-38)29(42-45)21-4-6-22(7-5-21)31(46)41-28-19-24(10-12-39-28)34(35,36)37/h4-10,12,18-19,40H,11,13-17H2,1-3H3,(H,39,41,46). The second kappa shape index (κ2) is 12.6. The fraction of sp³-hybridized carbons (Fsp3) is 0.324. The molecule has 14 heteroatoms. The molecule has 2 aromatic carbocycles. The molecule has 11 nitrogen and oxygen atoms in total. The van der Waals surface area contributed by atoms with E-state index in [-0.39, 0.29) is 17.5 Å². The smallest absolute Gasteiger partial charge is 0.416 e. The van der Waals surface area contributed by atoms with Gasteiger partial charge in [-0.1, -0.05) is 12.1 Å². The molecule has 1 saturated heterocycles. The van der Waals surface area contributed by atoms with Crippen molar-refractivity contribution in [3.63, 3.8) is 0 Å². The van der Waals surface area contributed by atoms with Crippen molar-refractivity contribution in [1.29, 1.82) is 5.26 Å². The lowest BCUT2D eigenvalue weighted by atomic mass is 10.1. The largest absolute Gasteiger partial charge is 0.444 e. The minimum Gasteiger partial charge on any atom is -0.444 e. The number of aryl methyl sites for hydroxylation is 2. The average molecular weight is 659 g/mol. The van der Waals surface area contributed by atoms with Crippen LogP contribution in [0.15, 0.2) is 60.8 Å². The summed E-state index contributed by atoms with van der Waals surface area (Å²) in [5, 5.41) is 20.7. The lowest BCUT2D eigenvalue weighted by Gasteiger charge is -2.37. The van der Waals surface area contributed by atoms with Gasteiger partial charge in [0.05, 0.1) is 5.56 Å². The fourth-order valence-corrected chi connectivity index (χ4v) is 5.64. The number of nitrogens with one attached hydrogen (secondary N) is 2. The summed E-state index contributed by atoms with van der Waals surface area (Å²) < 4.78 is 46.4. The lowest BCUT2D eigenvalue weighted by molar-refractivity contribution is -0.137. The number of alkyl halides is 3. The summed E-state index contributed by atoms with van der Waals surface area (Å²) in [6.45, 7) is 8.56. The van der Waals surface area contributed by atoms with Crippen molar-refractivity contribution < 1.29 is 27.5 Å². The Morgan fingerprint density at radius 1 is 0.979 bits per heavy atom. The molecule has 2 aliphatic rings.